The molecule has 1 heterocycles. The van der Waals surface area contributed by atoms with Crippen molar-refractivity contribution < 1.29 is 33.4 Å². The van der Waals surface area contributed by atoms with Gasteiger partial charge in [0.05, 0.1) is 24.5 Å². The summed E-state index contributed by atoms with van der Waals surface area (Å²) in [5.74, 6) is -0.0675. The first-order valence-corrected chi connectivity index (χ1v) is 16.1. The van der Waals surface area contributed by atoms with Crippen LogP contribution in [-0.2, 0) is 20.9 Å². The Hall–Kier alpha value is -4.90. The highest BCUT2D eigenvalue weighted by atomic mass is 16.6. The summed E-state index contributed by atoms with van der Waals surface area (Å²) < 4.78 is 16.3. The Balaban J connectivity index is 1.20. The van der Waals surface area contributed by atoms with Gasteiger partial charge in [-0.2, -0.15) is 0 Å². The summed E-state index contributed by atoms with van der Waals surface area (Å²) in [6, 6.07) is 20.9. The monoisotopic (exact) mass is 644 g/mol. The third-order valence-electron chi connectivity index (χ3n) is 7.74. The van der Waals surface area contributed by atoms with Crippen LogP contribution >= 0.6 is 0 Å². The Labute approximate surface area is 276 Å². The molecular formula is C36H44N4O7. The van der Waals surface area contributed by atoms with Gasteiger partial charge in [-0.1, -0.05) is 36.4 Å². The third-order valence-corrected chi connectivity index (χ3v) is 7.74. The molecule has 11 heteroatoms. The van der Waals surface area contributed by atoms with Crippen LogP contribution in [0.5, 0.6) is 11.5 Å². The zero-order chi connectivity index (χ0) is 33.4. The highest BCUT2D eigenvalue weighted by Gasteiger charge is 2.18. The molecule has 1 fully saturated rings. The Kier molecular flexibility index (Phi) is 13.6. The summed E-state index contributed by atoms with van der Waals surface area (Å²) in [5, 5.41) is 5.77. The number of para-hydroxylation sites is 3. The molecule has 0 spiro atoms. The number of ether oxygens (including phenoxy) is 3. The average molecular weight is 645 g/mol. The molecular weight excluding hydrogens is 600 g/mol. The number of likely N-dealkylation sites (N-methyl/N-ethyl adjacent to an activating group) is 1. The fraction of sp³-hybridized carbons (Fsp3) is 0.389. The second-order valence-corrected chi connectivity index (χ2v) is 11.3. The number of anilines is 1. The van der Waals surface area contributed by atoms with Gasteiger partial charge in [0.25, 0.3) is 11.8 Å². The van der Waals surface area contributed by atoms with Crippen LogP contribution < -0.4 is 20.1 Å². The lowest BCUT2D eigenvalue weighted by atomic mass is 10.1. The molecule has 0 saturated carbocycles. The highest BCUT2D eigenvalue weighted by molar-refractivity contribution is 6.05. The van der Waals surface area contributed by atoms with E-state index in [2.05, 4.69) is 22.6 Å². The van der Waals surface area contributed by atoms with Crippen molar-refractivity contribution in [1.29, 1.82) is 0 Å². The molecule has 1 aliphatic rings. The molecule has 1 aliphatic heterocycles. The number of nitrogens with one attached hydrogen (secondary N) is 2. The first-order valence-electron chi connectivity index (χ1n) is 16.1. The number of carbonyl (C=O) groups excluding carboxylic acids is 4. The normalized spacial score (nSPS) is 13.0. The minimum atomic E-state index is -0.513. The van der Waals surface area contributed by atoms with Gasteiger partial charge in [-0.3, -0.25) is 14.4 Å². The number of hydrogen-bond acceptors (Lipinski definition) is 8. The van der Waals surface area contributed by atoms with Crippen molar-refractivity contribution in [2.75, 3.05) is 58.4 Å². The van der Waals surface area contributed by atoms with Crippen molar-refractivity contribution in [1.82, 2.24) is 15.1 Å². The van der Waals surface area contributed by atoms with Gasteiger partial charge in [-0.05, 0) is 75.2 Å². The number of amides is 3. The maximum atomic E-state index is 13.0. The number of esters is 1. The summed E-state index contributed by atoms with van der Waals surface area (Å²) in [6.07, 6.45) is 3.08. The lowest BCUT2D eigenvalue weighted by molar-refractivity contribution is -0.145. The van der Waals surface area contributed by atoms with Gasteiger partial charge in [-0.15, -0.1) is 0 Å². The van der Waals surface area contributed by atoms with Crippen LogP contribution in [0, 0.1) is 0 Å². The zero-order valence-electron chi connectivity index (χ0n) is 27.2. The fourth-order valence-electron chi connectivity index (χ4n) is 5.01. The van der Waals surface area contributed by atoms with Crippen LogP contribution in [0.4, 0.5) is 5.69 Å². The van der Waals surface area contributed by atoms with Crippen LogP contribution in [0.2, 0.25) is 0 Å². The van der Waals surface area contributed by atoms with Gasteiger partial charge in [0.15, 0.2) is 6.61 Å². The molecule has 250 valence electrons. The molecule has 1 saturated heterocycles. The van der Waals surface area contributed by atoms with E-state index in [1.165, 1.54) is 0 Å². The Morgan fingerprint density at radius 1 is 0.766 bits per heavy atom. The van der Waals surface area contributed by atoms with Crippen LogP contribution in [0.1, 0.15) is 58.9 Å². The standard InChI is InChI=1S/C36H44N4O7/c1-3-45-34(42)26-47-31-13-8-6-11-29(31)36(44)37-25-27-16-18-28(19-17-27)35(43)38-30-12-7-9-14-32(30)46-24-10-4-5-15-33(41)40-22-20-39(2)21-23-40/h6-9,11-14,16-19H,3-5,10,15,20-26H2,1-2H3,(H,37,44)(H,38,43). The van der Waals surface area contributed by atoms with Crippen molar-refractivity contribution >= 4 is 29.4 Å². The van der Waals surface area contributed by atoms with Crippen molar-refractivity contribution in [2.45, 2.75) is 39.2 Å². The number of carbonyl (C=O) groups is 4. The molecule has 3 aromatic carbocycles. The summed E-state index contributed by atoms with van der Waals surface area (Å²) in [5.41, 5.74) is 2.12. The minimum Gasteiger partial charge on any atom is -0.491 e. The van der Waals surface area contributed by atoms with Gasteiger partial charge in [0, 0.05) is 44.7 Å². The second kappa shape index (κ2) is 18.3. The predicted octanol–water partition coefficient (Wildman–Crippen LogP) is 4.52. The van der Waals surface area contributed by atoms with Crippen LogP contribution in [-0.4, -0.2) is 86.5 Å². The minimum absolute atomic E-state index is 0.227. The van der Waals surface area contributed by atoms with Gasteiger partial charge in [0.1, 0.15) is 11.5 Å². The molecule has 0 atom stereocenters. The number of rotatable bonds is 16. The summed E-state index contributed by atoms with van der Waals surface area (Å²) >= 11 is 0. The zero-order valence-corrected chi connectivity index (χ0v) is 27.2. The Bertz CT molecular complexity index is 1490. The Morgan fingerprint density at radius 2 is 1.47 bits per heavy atom. The molecule has 4 rings (SSSR count). The molecule has 47 heavy (non-hydrogen) atoms. The molecule has 11 nitrogen and oxygen atoms in total. The van der Waals surface area contributed by atoms with Crippen molar-refractivity contribution in [3.8, 4) is 11.5 Å². The molecule has 0 aliphatic carbocycles. The van der Waals surface area contributed by atoms with E-state index in [1.54, 1.807) is 61.5 Å². The van der Waals surface area contributed by atoms with Crippen molar-refractivity contribution in [2.24, 2.45) is 0 Å². The summed E-state index contributed by atoms with van der Waals surface area (Å²) in [6.45, 7) is 5.83. The van der Waals surface area contributed by atoms with E-state index in [0.717, 1.165) is 51.0 Å². The van der Waals surface area contributed by atoms with Gasteiger partial charge in [0.2, 0.25) is 5.91 Å². The lowest BCUT2D eigenvalue weighted by Gasteiger charge is -2.32. The number of hydrogen-bond donors (Lipinski definition) is 2. The third kappa shape index (κ3) is 11.1. The van der Waals surface area contributed by atoms with E-state index >= 15 is 0 Å². The molecule has 0 aromatic heterocycles. The number of unbranched alkanes of at least 4 members (excludes halogenated alkanes) is 2. The van der Waals surface area contributed by atoms with Crippen LogP contribution in [0.15, 0.2) is 72.8 Å². The van der Waals surface area contributed by atoms with E-state index in [0.29, 0.717) is 35.6 Å². The maximum absolute atomic E-state index is 13.0. The quantitative estimate of drug-likeness (QED) is 0.172. The maximum Gasteiger partial charge on any atom is 0.344 e. The number of nitrogens with zero attached hydrogens (tertiary/aromatic N) is 2. The first kappa shape index (κ1) is 35.0. The van der Waals surface area contributed by atoms with Crippen molar-refractivity contribution in [3.05, 3.63) is 89.5 Å². The van der Waals surface area contributed by atoms with E-state index in [1.807, 2.05) is 23.1 Å². The lowest BCUT2D eigenvalue weighted by Crippen LogP contribution is -2.47. The molecule has 0 bridgehead atoms. The molecule has 0 radical (unpaired) electrons. The van der Waals surface area contributed by atoms with E-state index in [4.69, 9.17) is 14.2 Å². The average Bonchev–Trinajstić information content (AvgIpc) is 3.09. The highest BCUT2D eigenvalue weighted by Crippen LogP contribution is 2.25. The van der Waals surface area contributed by atoms with Gasteiger partial charge >= 0.3 is 5.97 Å². The van der Waals surface area contributed by atoms with Crippen LogP contribution in [0.3, 0.4) is 0 Å². The first-order chi connectivity index (χ1) is 22.8. The SMILES string of the molecule is CCOC(=O)COc1ccccc1C(=O)NCc1ccc(C(=O)Nc2ccccc2OCCCCCC(=O)N2CCN(C)CC2)cc1. The molecule has 3 amide bonds. The molecule has 3 aromatic rings. The smallest absolute Gasteiger partial charge is 0.344 e. The second-order valence-electron chi connectivity index (χ2n) is 11.3. The van der Waals surface area contributed by atoms with Crippen LogP contribution in [0.25, 0.3) is 0 Å². The number of piperazine rings is 1. The molecule has 2 N–H and O–H groups in total. The number of benzene rings is 3. The van der Waals surface area contributed by atoms with Gasteiger partial charge < -0.3 is 34.6 Å². The van der Waals surface area contributed by atoms with Crippen molar-refractivity contribution in [3.63, 3.8) is 0 Å². The summed E-state index contributed by atoms with van der Waals surface area (Å²) in [7, 11) is 2.08. The predicted molar refractivity (Wildman–Crippen MR) is 179 cm³/mol. The Morgan fingerprint density at radius 3 is 2.21 bits per heavy atom. The fourth-order valence-corrected chi connectivity index (χ4v) is 5.01. The largest absolute Gasteiger partial charge is 0.491 e. The topological polar surface area (TPSA) is 127 Å². The van der Waals surface area contributed by atoms with E-state index < -0.39 is 5.97 Å². The van der Waals surface area contributed by atoms with Gasteiger partial charge in [-0.25, -0.2) is 4.79 Å². The molecule has 0 unspecified atom stereocenters. The van der Waals surface area contributed by atoms with E-state index in [9.17, 15) is 19.2 Å². The van der Waals surface area contributed by atoms with E-state index in [-0.39, 0.29) is 43.2 Å². The summed E-state index contributed by atoms with van der Waals surface area (Å²) in [4.78, 5) is 54.1.